The fourth-order valence-corrected chi connectivity index (χ4v) is 0.648. The van der Waals surface area contributed by atoms with Gasteiger partial charge < -0.3 is 0 Å². The molecular formula is C3H5N2P. The predicted molar refractivity (Wildman–Crippen MR) is 25.8 cm³/mol. The summed E-state index contributed by atoms with van der Waals surface area (Å²) in [5.74, 6) is 0. The van der Waals surface area contributed by atoms with Crippen LogP contribution >= 0.6 is 8.35 Å². The molecule has 0 saturated carbocycles. The van der Waals surface area contributed by atoms with Gasteiger partial charge in [-0.1, -0.05) is 0 Å². The third kappa shape index (κ3) is 0.575. The second-order valence-electron chi connectivity index (χ2n) is 1.11. The minimum absolute atomic E-state index is 1.13. The number of hydrogen-bond donors (Lipinski definition) is 1. The van der Waals surface area contributed by atoms with E-state index in [2.05, 4.69) is 9.96 Å². The van der Waals surface area contributed by atoms with Gasteiger partial charge in [-0.15, -0.1) is 0 Å². The minimum Gasteiger partial charge on any atom is -0.260 e. The van der Waals surface area contributed by atoms with Crippen molar-refractivity contribution in [3.63, 3.8) is 0 Å². The lowest BCUT2D eigenvalue weighted by Crippen LogP contribution is -1.52. The van der Waals surface area contributed by atoms with Gasteiger partial charge in [0.15, 0.2) is 0 Å². The highest BCUT2D eigenvalue weighted by Gasteiger charge is 1.76. The second-order valence-corrected chi connectivity index (χ2v) is 2.24. The Hall–Kier alpha value is -0.360. The van der Waals surface area contributed by atoms with Crippen molar-refractivity contribution in [2.24, 2.45) is 0 Å². The van der Waals surface area contributed by atoms with E-state index in [-0.39, 0.29) is 0 Å². The molecular weight excluding hydrogens is 95.0 g/mol. The highest BCUT2D eigenvalue weighted by molar-refractivity contribution is 7.26. The van der Waals surface area contributed by atoms with Gasteiger partial charge in [0.1, 0.15) is 0 Å². The van der Waals surface area contributed by atoms with Crippen LogP contribution < -0.4 is 0 Å². The van der Waals surface area contributed by atoms with E-state index in [1.54, 1.807) is 0 Å². The Bertz CT molecular complexity index is 112. The lowest BCUT2D eigenvalue weighted by atomic mass is 10.7. The first-order chi connectivity index (χ1) is 2.89. The van der Waals surface area contributed by atoms with Gasteiger partial charge in [0, 0.05) is 13.6 Å². The first kappa shape index (κ1) is 3.82. The van der Waals surface area contributed by atoms with E-state index >= 15 is 0 Å². The molecule has 0 bridgehead atoms. The molecule has 0 fully saturated rings. The van der Waals surface area contributed by atoms with Crippen LogP contribution in [0.4, 0.5) is 0 Å². The van der Waals surface area contributed by atoms with Gasteiger partial charge in [0.2, 0.25) is 0 Å². The normalized spacial score (nSPS) is 10.2. The quantitative estimate of drug-likeness (QED) is 0.523. The fourth-order valence-electron chi connectivity index (χ4n) is 0.259. The fraction of sp³-hybridized carbons (Fsp3) is 0.333. The van der Waals surface area contributed by atoms with Crippen molar-refractivity contribution in [3.05, 3.63) is 11.5 Å². The zero-order valence-corrected chi connectivity index (χ0v) is 4.37. The lowest BCUT2D eigenvalue weighted by molar-refractivity contribution is 1.15. The summed E-state index contributed by atoms with van der Waals surface area (Å²) in [7, 11) is 1.13. The molecule has 0 spiro atoms. The van der Waals surface area contributed by atoms with E-state index in [1.165, 1.54) is 5.30 Å². The average molecular weight is 100 g/mol. The molecule has 0 amide bonds. The van der Waals surface area contributed by atoms with E-state index in [0.29, 0.717) is 0 Å². The Morgan fingerprint density at radius 1 is 2.00 bits per heavy atom. The van der Waals surface area contributed by atoms with Crippen molar-refractivity contribution in [2.45, 2.75) is 6.92 Å². The van der Waals surface area contributed by atoms with Crippen molar-refractivity contribution in [2.75, 3.05) is 0 Å². The highest BCUT2D eigenvalue weighted by Crippen LogP contribution is 2.02. The largest absolute Gasteiger partial charge is 0.260 e. The van der Waals surface area contributed by atoms with Crippen LogP contribution in [-0.2, 0) is 0 Å². The first-order valence-electron chi connectivity index (χ1n) is 1.72. The van der Waals surface area contributed by atoms with Crippen molar-refractivity contribution < 1.29 is 0 Å². The number of nitrogens with zero attached hydrogens (tertiary/aromatic N) is 1. The van der Waals surface area contributed by atoms with E-state index in [9.17, 15) is 0 Å². The van der Waals surface area contributed by atoms with Gasteiger partial charge in [0.25, 0.3) is 0 Å². The maximum Gasteiger partial charge on any atom is 0.0565 e. The maximum absolute atomic E-state index is 3.74. The molecule has 1 N–H and O–H groups in total. The third-order valence-corrected chi connectivity index (χ3v) is 1.22. The van der Waals surface area contributed by atoms with Gasteiger partial charge in [-0.3, -0.25) is 4.86 Å². The predicted octanol–water partition coefficient (Wildman–Crippen LogP) is 1.30. The smallest absolute Gasteiger partial charge is 0.0565 e. The highest BCUT2D eigenvalue weighted by atomic mass is 31.0. The number of nitrogens with one attached hydrogen (secondary N) is 1. The molecule has 0 saturated heterocycles. The van der Waals surface area contributed by atoms with Crippen molar-refractivity contribution in [1.82, 2.24) is 9.96 Å². The van der Waals surface area contributed by atoms with Crippen LogP contribution in [-0.4, -0.2) is 9.96 Å². The van der Waals surface area contributed by atoms with Crippen molar-refractivity contribution >= 4 is 8.35 Å². The summed E-state index contributed by atoms with van der Waals surface area (Å²) < 4.78 is 0. The molecule has 2 nitrogen and oxygen atoms in total. The van der Waals surface area contributed by atoms with Crippen molar-refractivity contribution in [3.8, 4) is 0 Å². The maximum atomic E-state index is 3.74. The summed E-state index contributed by atoms with van der Waals surface area (Å²) in [6.07, 6.45) is 1.82. The Balaban J connectivity index is 3.05. The number of H-pyrrole nitrogens is 1. The van der Waals surface area contributed by atoms with E-state index in [0.717, 1.165) is 8.35 Å². The second kappa shape index (κ2) is 1.39. The van der Waals surface area contributed by atoms with E-state index in [4.69, 9.17) is 0 Å². The summed E-state index contributed by atoms with van der Waals surface area (Å²) >= 11 is 0. The SMILES string of the molecule is Cc1cn[nH]p1. The van der Waals surface area contributed by atoms with Crippen LogP contribution in [0.3, 0.4) is 0 Å². The molecule has 0 atom stereocenters. The minimum atomic E-state index is 1.13. The molecule has 0 aliphatic heterocycles. The number of aromatic nitrogens is 2. The molecule has 1 heterocycles. The number of rotatable bonds is 0. The third-order valence-electron chi connectivity index (χ3n) is 0.535. The zero-order valence-electron chi connectivity index (χ0n) is 3.47. The Morgan fingerprint density at radius 3 is 3.00 bits per heavy atom. The molecule has 6 heavy (non-hydrogen) atoms. The van der Waals surface area contributed by atoms with Crippen LogP contribution in [0.25, 0.3) is 0 Å². The molecule has 0 aromatic carbocycles. The molecule has 0 radical (unpaired) electrons. The topological polar surface area (TPSA) is 28.7 Å². The van der Waals surface area contributed by atoms with Gasteiger partial charge >= 0.3 is 0 Å². The van der Waals surface area contributed by atoms with Crippen LogP contribution in [0.15, 0.2) is 6.20 Å². The summed E-state index contributed by atoms with van der Waals surface area (Å²) in [5, 5.41) is 5.01. The molecule has 32 valence electrons. The summed E-state index contributed by atoms with van der Waals surface area (Å²) in [5.41, 5.74) is 0. The van der Waals surface area contributed by atoms with Gasteiger partial charge in [-0.25, -0.2) is 0 Å². The number of hydrogen-bond acceptors (Lipinski definition) is 1. The lowest BCUT2D eigenvalue weighted by Gasteiger charge is -1.61. The van der Waals surface area contributed by atoms with Crippen LogP contribution in [0.2, 0.25) is 0 Å². The van der Waals surface area contributed by atoms with E-state index in [1.807, 2.05) is 13.1 Å². The average Bonchev–Trinajstić information content (AvgIpc) is 1.86. The monoisotopic (exact) mass is 100 g/mol. The standard InChI is InChI=1S/C3H5N2P/c1-3-2-4-5-6-3/h2H,1H3,(H,4,5). The molecule has 1 aromatic heterocycles. The van der Waals surface area contributed by atoms with Crippen molar-refractivity contribution in [1.29, 1.82) is 0 Å². The molecule has 0 aliphatic rings. The Kier molecular flexibility index (Phi) is 0.887. The van der Waals surface area contributed by atoms with E-state index < -0.39 is 0 Å². The number of aromatic amines is 1. The zero-order chi connectivity index (χ0) is 4.41. The van der Waals surface area contributed by atoms with Gasteiger partial charge in [-0.2, -0.15) is 5.10 Å². The Morgan fingerprint density at radius 2 is 2.83 bits per heavy atom. The molecule has 0 unspecified atom stereocenters. The molecule has 1 aromatic rings. The van der Waals surface area contributed by atoms with Crippen LogP contribution in [0, 0.1) is 6.92 Å². The summed E-state index contributed by atoms with van der Waals surface area (Å²) in [4.78, 5) is 2.78. The molecule has 1 rings (SSSR count). The summed E-state index contributed by atoms with van der Waals surface area (Å²) in [6.45, 7) is 2.03. The molecule has 3 heteroatoms. The number of aryl methyl sites for hydroxylation is 1. The van der Waals surface area contributed by atoms with Crippen LogP contribution in [0.1, 0.15) is 5.30 Å². The van der Waals surface area contributed by atoms with Gasteiger partial charge in [-0.05, 0) is 6.92 Å². The molecule has 0 aliphatic carbocycles. The Labute approximate surface area is 37.8 Å². The van der Waals surface area contributed by atoms with Crippen LogP contribution in [0.5, 0.6) is 0 Å². The summed E-state index contributed by atoms with van der Waals surface area (Å²) in [6, 6.07) is 0. The van der Waals surface area contributed by atoms with Gasteiger partial charge in [0.05, 0.1) is 6.20 Å². The first-order valence-corrected chi connectivity index (χ1v) is 2.61.